The fourth-order valence-electron chi connectivity index (χ4n) is 5.11. The zero-order valence-electron chi connectivity index (χ0n) is 19.6. The molecule has 0 radical (unpaired) electrons. The average molecular weight is 437 g/mol. The molecule has 172 valence electrons. The molecule has 0 N–H and O–H groups in total. The number of aromatic nitrogens is 2. The molecule has 2 aromatic rings. The van der Waals surface area contributed by atoms with Crippen molar-refractivity contribution in [2.24, 2.45) is 5.92 Å². The average Bonchev–Trinajstić information content (AvgIpc) is 3.14. The number of nitrogens with zero attached hydrogens (tertiary/aromatic N) is 4. The maximum atomic E-state index is 13.1. The molecule has 6 heteroatoms. The molecule has 1 saturated heterocycles. The normalized spacial score (nSPS) is 17.6. The molecule has 0 unspecified atom stereocenters. The molecule has 1 aromatic carbocycles. The van der Waals surface area contributed by atoms with E-state index in [-0.39, 0.29) is 11.8 Å². The second kappa shape index (κ2) is 10.3. The van der Waals surface area contributed by atoms with Crippen LogP contribution in [0.3, 0.4) is 0 Å². The number of hydrogen-bond donors (Lipinski definition) is 0. The molecule has 1 saturated carbocycles. The Hall–Kier alpha value is -2.63. The highest BCUT2D eigenvalue weighted by molar-refractivity contribution is 5.94. The maximum absolute atomic E-state index is 13.1. The summed E-state index contributed by atoms with van der Waals surface area (Å²) in [5.74, 6) is 1.04. The third-order valence-corrected chi connectivity index (χ3v) is 7.02. The van der Waals surface area contributed by atoms with Gasteiger partial charge in [0, 0.05) is 43.9 Å². The SMILES string of the molecule is Cc1cc(C)n(Cc2cccc(C(=O)N3CCN(C(=O)CCC4CCCCC4)CC3)c2)n1. The van der Waals surface area contributed by atoms with Crippen LogP contribution in [0.25, 0.3) is 0 Å². The van der Waals surface area contributed by atoms with Gasteiger partial charge < -0.3 is 9.80 Å². The van der Waals surface area contributed by atoms with Crippen LogP contribution in [0.4, 0.5) is 0 Å². The summed E-state index contributed by atoms with van der Waals surface area (Å²) >= 11 is 0. The maximum Gasteiger partial charge on any atom is 0.253 e. The molecule has 1 aliphatic heterocycles. The Bertz CT molecular complexity index is 937. The number of aryl methyl sites for hydroxylation is 2. The lowest BCUT2D eigenvalue weighted by atomic mass is 9.86. The van der Waals surface area contributed by atoms with E-state index in [2.05, 4.69) is 11.2 Å². The molecule has 0 bridgehead atoms. The van der Waals surface area contributed by atoms with Crippen molar-refractivity contribution in [3.63, 3.8) is 0 Å². The number of hydrogen-bond acceptors (Lipinski definition) is 3. The van der Waals surface area contributed by atoms with Crippen LogP contribution in [-0.4, -0.2) is 57.6 Å². The summed E-state index contributed by atoms with van der Waals surface area (Å²) in [4.78, 5) is 29.6. The van der Waals surface area contributed by atoms with Gasteiger partial charge in [0.15, 0.2) is 0 Å². The van der Waals surface area contributed by atoms with Crippen molar-refractivity contribution in [3.05, 3.63) is 52.8 Å². The Balaban J connectivity index is 1.28. The van der Waals surface area contributed by atoms with E-state index >= 15 is 0 Å². The van der Waals surface area contributed by atoms with Gasteiger partial charge in [0.1, 0.15) is 0 Å². The highest BCUT2D eigenvalue weighted by Gasteiger charge is 2.25. The molecule has 2 heterocycles. The molecule has 2 aliphatic rings. The zero-order chi connectivity index (χ0) is 22.5. The quantitative estimate of drug-likeness (QED) is 0.682. The first kappa shape index (κ1) is 22.6. The molecule has 0 spiro atoms. The van der Waals surface area contributed by atoms with Gasteiger partial charge in [-0.15, -0.1) is 0 Å². The van der Waals surface area contributed by atoms with E-state index in [1.54, 1.807) is 0 Å². The number of carbonyl (C=O) groups excluding carboxylic acids is 2. The molecule has 0 atom stereocenters. The number of amides is 2. The van der Waals surface area contributed by atoms with Crippen molar-refractivity contribution < 1.29 is 9.59 Å². The molecule has 6 nitrogen and oxygen atoms in total. The van der Waals surface area contributed by atoms with Crippen LogP contribution in [-0.2, 0) is 11.3 Å². The van der Waals surface area contributed by atoms with Crippen LogP contribution in [0.5, 0.6) is 0 Å². The second-order valence-electron chi connectivity index (χ2n) is 9.50. The Morgan fingerprint density at radius 1 is 0.969 bits per heavy atom. The van der Waals surface area contributed by atoms with E-state index in [0.29, 0.717) is 44.7 Å². The van der Waals surface area contributed by atoms with Gasteiger partial charge in [-0.1, -0.05) is 44.2 Å². The fraction of sp³-hybridized carbons (Fsp3) is 0.577. The van der Waals surface area contributed by atoms with E-state index in [0.717, 1.165) is 29.3 Å². The van der Waals surface area contributed by atoms with Gasteiger partial charge in [0.2, 0.25) is 5.91 Å². The van der Waals surface area contributed by atoms with Gasteiger partial charge in [0.05, 0.1) is 12.2 Å². The molecule has 1 aromatic heterocycles. The Labute approximate surface area is 191 Å². The van der Waals surface area contributed by atoms with Gasteiger partial charge in [-0.3, -0.25) is 14.3 Å². The lowest BCUT2D eigenvalue weighted by Crippen LogP contribution is -2.50. The molecule has 2 amide bonds. The Morgan fingerprint density at radius 3 is 2.38 bits per heavy atom. The van der Waals surface area contributed by atoms with Crippen molar-refractivity contribution >= 4 is 11.8 Å². The highest BCUT2D eigenvalue weighted by Crippen LogP contribution is 2.27. The number of benzene rings is 1. The van der Waals surface area contributed by atoms with Crippen LogP contribution in [0.2, 0.25) is 0 Å². The summed E-state index contributed by atoms with van der Waals surface area (Å²) in [6.07, 6.45) is 8.26. The van der Waals surface area contributed by atoms with Crippen LogP contribution in [0, 0.1) is 19.8 Å². The second-order valence-corrected chi connectivity index (χ2v) is 9.50. The van der Waals surface area contributed by atoms with Crippen LogP contribution in [0.15, 0.2) is 30.3 Å². The number of rotatable bonds is 6. The third-order valence-electron chi connectivity index (χ3n) is 7.02. The van der Waals surface area contributed by atoms with E-state index < -0.39 is 0 Å². The lowest BCUT2D eigenvalue weighted by molar-refractivity contribution is -0.133. The number of carbonyl (C=O) groups is 2. The smallest absolute Gasteiger partial charge is 0.253 e. The first-order chi connectivity index (χ1) is 15.5. The molecule has 32 heavy (non-hydrogen) atoms. The molecular weight excluding hydrogens is 400 g/mol. The third kappa shape index (κ3) is 5.59. The van der Waals surface area contributed by atoms with E-state index in [9.17, 15) is 9.59 Å². The first-order valence-corrected chi connectivity index (χ1v) is 12.2. The van der Waals surface area contributed by atoms with E-state index in [1.165, 1.54) is 32.1 Å². The van der Waals surface area contributed by atoms with Crippen LogP contribution < -0.4 is 0 Å². The summed E-state index contributed by atoms with van der Waals surface area (Å²) in [7, 11) is 0. The molecule has 1 aliphatic carbocycles. The van der Waals surface area contributed by atoms with E-state index in [1.807, 2.05) is 52.6 Å². The Kier molecular flexibility index (Phi) is 7.28. The van der Waals surface area contributed by atoms with Gasteiger partial charge >= 0.3 is 0 Å². The lowest BCUT2D eigenvalue weighted by Gasteiger charge is -2.35. The molecular formula is C26H36N4O2. The van der Waals surface area contributed by atoms with Crippen molar-refractivity contribution in [2.45, 2.75) is 65.3 Å². The van der Waals surface area contributed by atoms with Crippen molar-refractivity contribution in [1.82, 2.24) is 19.6 Å². The van der Waals surface area contributed by atoms with Gasteiger partial charge in [-0.2, -0.15) is 5.10 Å². The minimum absolute atomic E-state index is 0.0505. The monoisotopic (exact) mass is 436 g/mol. The van der Waals surface area contributed by atoms with Crippen molar-refractivity contribution in [2.75, 3.05) is 26.2 Å². The predicted molar refractivity (Wildman–Crippen MR) is 126 cm³/mol. The first-order valence-electron chi connectivity index (χ1n) is 12.2. The molecule has 4 rings (SSSR count). The van der Waals surface area contributed by atoms with Gasteiger partial charge in [0.25, 0.3) is 5.91 Å². The topological polar surface area (TPSA) is 58.4 Å². The van der Waals surface area contributed by atoms with Crippen molar-refractivity contribution in [3.8, 4) is 0 Å². The van der Waals surface area contributed by atoms with Gasteiger partial charge in [-0.05, 0) is 49.9 Å². The van der Waals surface area contributed by atoms with Gasteiger partial charge in [-0.25, -0.2) is 0 Å². The van der Waals surface area contributed by atoms with Crippen molar-refractivity contribution in [1.29, 1.82) is 0 Å². The predicted octanol–water partition coefficient (Wildman–Crippen LogP) is 4.19. The summed E-state index contributed by atoms with van der Waals surface area (Å²) in [5.41, 5.74) is 3.89. The summed E-state index contributed by atoms with van der Waals surface area (Å²) in [6, 6.07) is 9.90. The van der Waals surface area contributed by atoms with Crippen LogP contribution >= 0.6 is 0 Å². The summed E-state index contributed by atoms with van der Waals surface area (Å²) < 4.78 is 1.97. The number of piperazine rings is 1. The Morgan fingerprint density at radius 2 is 1.69 bits per heavy atom. The fourth-order valence-corrected chi connectivity index (χ4v) is 5.11. The minimum atomic E-state index is 0.0505. The zero-order valence-corrected chi connectivity index (χ0v) is 19.6. The van der Waals surface area contributed by atoms with E-state index in [4.69, 9.17) is 0 Å². The highest BCUT2D eigenvalue weighted by atomic mass is 16.2. The summed E-state index contributed by atoms with van der Waals surface area (Å²) in [5, 5.41) is 4.52. The summed E-state index contributed by atoms with van der Waals surface area (Å²) in [6.45, 7) is 7.19. The largest absolute Gasteiger partial charge is 0.339 e. The van der Waals surface area contributed by atoms with Crippen LogP contribution in [0.1, 0.15) is 72.3 Å². The standard InChI is InChI=1S/C26H36N4O2/c1-20-17-21(2)30(27-20)19-23-9-6-10-24(18-23)26(32)29-15-13-28(14-16-29)25(31)12-11-22-7-4-3-5-8-22/h6,9-10,17-18,22H,3-5,7-8,11-16,19H2,1-2H3. The molecule has 2 fully saturated rings. The minimum Gasteiger partial charge on any atom is -0.339 e.